The van der Waals surface area contributed by atoms with Crippen molar-refractivity contribution in [3.63, 3.8) is 0 Å². The zero-order chi connectivity index (χ0) is 13.1. The van der Waals surface area contributed by atoms with E-state index < -0.39 is 0 Å². The molecule has 1 unspecified atom stereocenters. The van der Waals surface area contributed by atoms with Gasteiger partial charge in [-0.1, -0.05) is 19.3 Å². The van der Waals surface area contributed by atoms with Gasteiger partial charge in [-0.05, 0) is 48.6 Å². The molecule has 2 nitrogen and oxygen atoms in total. The SMILES string of the molecule is CC1CNC2(CCCCC2)CN1CCc1ccsc1. The van der Waals surface area contributed by atoms with Crippen LogP contribution in [0.25, 0.3) is 0 Å². The fourth-order valence-corrected chi connectivity index (χ4v) is 4.37. The van der Waals surface area contributed by atoms with Gasteiger partial charge in [-0.25, -0.2) is 0 Å². The van der Waals surface area contributed by atoms with Crippen LogP contribution < -0.4 is 5.32 Å². The van der Waals surface area contributed by atoms with Crippen molar-refractivity contribution in [3.05, 3.63) is 22.4 Å². The Hall–Kier alpha value is -0.380. The molecule has 2 heterocycles. The van der Waals surface area contributed by atoms with Crippen LogP contribution >= 0.6 is 11.3 Å². The third-order valence-electron chi connectivity index (χ3n) is 4.98. The van der Waals surface area contributed by atoms with E-state index in [4.69, 9.17) is 0 Å². The summed E-state index contributed by atoms with van der Waals surface area (Å²) < 4.78 is 0. The lowest BCUT2D eigenvalue weighted by molar-refractivity contribution is 0.0638. The highest BCUT2D eigenvalue weighted by molar-refractivity contribution is 7.07. The molecule has 1 aromatic rings. The van der Waals surface area contributed by atoms with E-state index in [1.165, 1.54) is 63.7 Å². The topological polar surface area (TPSA) is 15.3 Å². The Kier molecular flexibility index (Phi) is 4.25. The highest BCUT2D eigenvalue weighted by atomic mass is 32.1. The van der Waals surface area contributed by atoms with Crippen LogP contribution in [0, 0.1) is 0 Å². The lowest BCUT2D eigenvalue weighted by atomic mass is 9.79. The summed E-state index contributed by atoms with van der Waals surface area (Å²) in [6, 6.07) is 2.96. The van der Waals surface area contributed by atoms with Gasteiger partial charge >= 0.3 is 0 Å². The van der Waals surface area contributed by atoms with Crippen LogP contribution in [0.5, 0.6) is 0 Å². The molecule has 1 aromatic heterocycles. The van der Waals surface area contributed by atoms with Crippen molar-refractivity contribution in [3.8, 4) is 0 Å². The summed E-state index contributed by atoms with van der Waals surface area (Å²) in [6.07, 6.45) is 8.25. The highest BCUT2D eigenvalue weighted by Crippen LogP contribution is 2.31. The van der Waals surface area contributed by atoms with Crippen molar-refractivity contribution in [2.24, 2.45) is 0 Å². The van der Waals surface area contributed by atoms with Crippen molar-refractivity contribution in [1.29, 1.82) is 0 Å². The summed E-state index contributed by atoms with van der Waals surface area (Å²) in [5, 5.41) is 8.36. The normalized spacial score (nSPS) is 27.7. The first-order valence-electron chi connectivity index (χ1n) is 7.78. The monoisotopic (exact) mass is 278 g/mol. The van der Waals surface area contributed by atoms with E-state index in [2.05, 4.69) is 34.0 Å². The maximum absolute atomic E-state index is 3.87. The van der Waals surface area contributed by atoms with Crippen LogP contribution in [0.2, 0.25) is 0 Å². The predicted molar refractivity (Wildman–Crippen MR) is 82.9 cm³/mol. The number of nitrogens with one attached hydrogen (secondary N) is 1. The molecule has 1 aliphatic heterocycles. The summed E-state index contributed by atoms with van der Waals surface area (Å²) in [7, 11) is 0. The quantitative estimate of drug-likeness (QED) is 0.913. The van der Waals surface area contributed by atoms with Crippen LogP contribution in [0.4, 0.5) is 0 Å². The molecular formula is C16H26N2S. The molecule has 1 atom stereocenters. The fraction of sp³-hybridized carbons (Fsp3) is 0.750. The van der Waals surface area contributed by atoms with Gasteiger partial charge in [0, 0.05) is 31.2 Å². The summed E-state index contributed by atoms with van der Waals surface area (Å²) >= 11 is 1.82. The van der Waals surface area contributed by atoms with E-state index in [1.807, 2.05) is 11.3 Å². The number of nitrogens with zero attached hydrogens (tertiary/aromatic N) is 1. The molecule has 19 heavy (non-hydrogen) atoms. The molecule has 0 bridgehead atoms. The van der Waals surface area contributed by atoms with E-state index in [0.29, 0.717) is 11.6 Å². The smallest absolute Gasteiger partial charge is 0.0309 e. The van der Waals surface area contributed by atoms with Gasteiger partial charge < -0.3 is 5.32 Å². The fourth-order valence-electron chi connectivity index (χ4n) is 3.66. The molecule has 2 fully saturated rings. The maximum atomic E-state index is 3.87. The second-order valence-electron chi connectivity index (χ2n) is 6.42. The standard InChI is InChI=1S/C16H26N2S/c1-14-11-17-16(7-3-2-4-8-16)13-18(14)9-5-15-6-10-19-12-15/h6,10,12,14,17H,2-5,7-9,11,13H2,1H3. The van der Waals surface area contributed by atoms with Gasteiger partial charge in [-0.2, -0.15) is 11.3 Å². The summed E-state index contributed by atoms with van der Waals surface area (Å²) in [6.45, 7) is 6.03. The molecule has 106 valence electrons. The molecule has 1 aliphatic carbocycles. The van der Waals surface area contributed by atoms with E-state index >= 15 is 0 Å². The van der Waals surface area contributed by atoms with Crippen LogP contribution in [0.3, 0.4) is 0 Å². The largest absolute Gasteiger partial charge is 0.308 e. The van der Waals surface area contributed by atoms with Crippen molar-refractivity contribution < 1.29 is 0 Å². The Balaban J connectivity index is 1.59. The van der Waals surface area contributed by atoms with E-state index in [0.717, 1.165) is 0 Å². The van der Waals surface area contributed by atoms with Gasteiger partial charge in [0.05, 0.1) is 0 Å². The lowest BCUT2D eigenvalue weighted by Gasteiger charge is -2.49. The highest BCUT2D eigenvalue weighted by Gasteiger charge is 2.38. The van der Waals surface area contributed by atoms with E-state index in [9.17, 15) is 0 Å². The summed E-state index contributed by atoms with van der Waals surface area (Å²) in [4.78, 5) is 2.72. The number of hydrogen-bond acceptors (Lipinski definition) is 3. The molecule has 0 radical (unpaired) electrons. The minimum atomic E-state index is 0.444. The van der Waals surface area contributed by atoms with Gasteiger partial charge in [-0.3, -0.25) is 4.90 Å². The van der Waals surface area contributed by atoms with Crippen molar-refractivity contribution >= 4 is 11.3 Å². The summed E-state index contributed by atoms with van der Waals surface area (Å²) in [5.41, 5.74) is 1.95. The molecule has 1 N–H and O–H groups in total. The van der Waals surface area contributed by atoms with Gasteiger partial charge in [0.25, 0.3) is 0 Å². The van der Waals surface area contributed by atoms with Crippen molar-refractivity contribution in [2.75, 3.05) is 19.6 Å². The van der Waals surface area contributed by atoms with E-state index in [1.54, 1.807) is 0 Å². The number of hydrogen-bond donors (Lipinski definition) is 1. The van der Waals surface area contributed by atoms with Crippen molar-refractivity contribution in [2.45, 2.75) is 57.0 Å². The van der Waals surface area contributed by atoms with Gasteiger partial charge in [-0.15, -0.1) is 0 Å². The first kappa shape index (κ1) is 13.6. The molecule has 3 rings (SSSR count). The molecule has 3 heteroatoms. The Labute approximate surface area is 121 Å². The second-order valence-corrected chi connectivity index (χ2v) is 7.20. The number of rotatable bonds is 3. The Morgan fingerprint density at radius 1 is 1.37 bits per heavy atom. The molecule has 0 aromatic carbocycles. The Morgan fingerprint density at radius 3 is 2.95 bits per heavy atom. The molecule has 1 saturated carbocycles. The van der Waals surface area contributed by atoms with Crippen LogP contribution in [0.15, 0.2) is 16.8 Å². The van der Waals surface area contributed by atoms with Crippen LogP contribution in [-0.2, 0) is 6.42 Å². The molecule has 1 saturated heterocycles. The van der Waals surface area contributed by atoms with Crippen LogP contribution in [-0.4, -0.2) is 36.1 Å². The first-order valence-corrected chi connectivity index (χ1v) is 8.72. The first-order chi connectivity index (χ1) is 9.27. The zero-order valence-corrected chi connectivity index (χ0v) is 12.8. The van der Waals surface area contributed by atoms with Crippen molar-refractivity contribution in [1.82, 2.24) is 10.2 Å². The lowest BCUT2D eigenvalue weighted by Crippen LogP contribution is -2.64. The molecule has 1 spiro atoms. The Morgan fingerprint density at radius 2 is 2.21 bits per heavy atom. The third kappa shape index (κ3) is 3.21. The summed E-state index contributed by atoms with van der Waals surface area (Å²) in [5.74, 6) is 0. The molecule has 2 aliphatic rings. The zero-order valence-electron chi connectivity index (χ0n) is 12.0. The van der Waals surface area contributed by atoms with Crippen LogP contribution in [0.1, 0.15) is 44.6 Å². The maximum Gasteiger partial charge on any atom is 0.0309 e. The number of thiophene rings is 1. The average molecular weight is 278 g/mol. The number of piperazine rings is 1. The minimum absolute atomic E-state index is 0.444. The third-order valence-corrected chi connectivity index (χ3v) is 5.71. The van der Waals surface area contributed by atoms with Gasteiger partial charge in [0.1, 0.15) is 0 Å². The molecule has 0 amide bonds. The second kappa shape index (κ2) is 5.94. The predicted octanol–water partition coefficient (Wildman–Crippen LogP) is 3.29. The van der Waals surface area contributed by atoms with Gasteiger partial charge in [0.2, 0.25) is 0 Å². The minimum Gasteiger partial charge on any atom is -0.308 e. The Bertz CT molecular complexity index is 381. The average Bonchev–Trinajstić information content (AvgIpc) is 2.94. The van der Waals surface area contributed by atoms with Gasteiger partial charge in [0.15, 0.2) is 0 Å². The molecular weight excluding hydrogens is 252 g/mol. The van der Waals surface area contributed by atoms with E-state index in [-0.39, 0.29) is 0 Å².